The Bertz CT molecular complexity index is 575. The van der Waals surface area contributed by atoms with Crippen molar-refractivity contribution < 1.29 is 18.7 Å². The molecule has 0 spiro atoms. The summed E-state index contributed by atoms with van der Waals surface area (Å²) in [5.41, 5.74) is 3.42. The van der Waals surface area contributed by atoms with Crippen molar-refractivity contribution >= 4 is 0 Å². The first-order chi connectivity index (χ1) is 10.7. The zero-order valence-corrected chi connectivity index (χ0v) is 13.0. The Hall–Kier alpha value is -2.56. The summed E-state index contributed by atoms with van der Waals surface area (Å²) in [4.78, 5) is 5.19. The van der Waals surface area contributed by atoms with Crippen molar-refractivity contribution in [2.24, 2.45) is 0 Å². The van der Waals surface area contributed by atoms with E-state index in [-0.39, 0.29) is 6.10 Å². The lowest BCUT2D eigenvalue weighted by molar-refractivity contribution is 0.171. The molecule has 0 fully saturated rings. The van der Waals surface area contributed by atoms with Gasteiger partial charge in [0.05, 0.1) is 18.1 Å². The number of furan rings is 1. The molecule has 0 aliphatic rings. The summed E-state index contributed by atoms with van der Waals surface area (Å²) in [6, 6.07) is 10.9. The fourth-order valence-corrected chi connectivity index (χ4v) is 1.55. The molecule has 0 bridgehead atoms. The van der Waals surface area contributed by atoms with Crippen LogP contribution in [-0.4, -0.2) is 6.10 Å². The Labute approximate surface area is 130 Å². The molecule has 1 atom stereocenters. The Morgan fingerprint density at radius 2 is 1.95 bits per heavy atom. The second-order valence-electron chi connectivity index (χ2n) is 4.86. The van der Waals surface area contributed by atoms with Crippen LogP contribution in [-0.2, 0) is 0 Å². The van der Waals surface area contributed by atoms with Crippen molar-refractivity contribution in [1.82, 2.24) is 5.48 Å². The van der Waals surface area contributed by atoms with Gasteiger partial charge in [0.1, 0.15) is 17.8 Å². The number of benzene rings is 1. The quantitative estimate of drug-likeness (QED) is 0.582. The summed E-state index contributed by atoms with van der Waals surface area (Å²) in [5, 5.41) is 0. The molecule has 2 rings (SSSR count). The van der Waals surface area contributed by atoms with E-state index in [2.05, 4.69) is 12.4 Å². The Morgan fingerprint density at radius 1 is 1.23 bits per heavy atom. The van der Waals surface area contributed by atoms with Gasteiger partial charge in [-0.15, -0.1) is 0 Å². The lowest BCUT2D eigenvalue weighted by atomic mass is 10.3. The molecule has 0 saturated heterocycles. The molecule has 1 heterocycles. The van der Waals surface area contributed by atoms with Gasteiger partial charge in [-0.3, -0.25) is 0 Å². The summed E-state index contributed by atoms with van der Waals surface area (Å²) in [6.07, 6.45) is 4.28. The van der Waals surface area contributed by atoms with Crippen LogP contribution in [0.2, 0.25) is 0 Å². The Balaban J connectivity index is 1.81. The SMILES string of the molecule is CCC(C)Oc1ccc(OC=C(C)NOc2ccco2)cc1. The average molecular weight is 303 g/mol. The van der Waals surface area contributed by atoms with E-state index in [1.165, 1.54) is 6.26 Å². The third kappa shape index (κ3) is 5.09. The predicted molar refractivity (Wildman–Crippen MR) is 83.7 cm³/mol. The van der Waals surface area contributed by atoms with Crippen LogP contribution in [0, 0.1) is 0 Å². The number of rotatable bonds is 8. The molecule has 1 N–H and O–H groups in total. The summed E-state index contributed by atoms with van der Waals surface area (Å²) < 4.78 is 16.3. The molecule has 1 aromatic heterocycles. The number of ether oxygens (including phenoxy) is 2. The Morgan fingerprint density at radius 3 is 2.59 bits per heavy atom. The molecular weight excluding hydrogens is 282 g/mol. The molecule has 22 heavy (non-hydrogen) atoms. The van der Waals surface area contributed by atoms with Gasteiger partial charge in [0.2, 0.25) is 0 Å². The highest BCUT2D eigenvalue weighted by atomic mass is 16.7. The fraction of sp³-hybridized carbons (Fsp3) is 0.294. The Kier molecular flexibility index (Phi) is 5.77. The molecule has 0 aliphatic heterocycles. The summed E-state index contributed by atoms with van der Waals surface area (Å²) in [5.74, 6) is 1.94. The normalized spacial score (nSPS) is 12.6. The van der Waals surface area contributed by atoms with E-state index in [9.17, 15) is 0 Å². The van der Waals surface area contributed by atoms with Crippen LogP contribution < -0.4 is 19.8 Å². The van der Waals surface area contributed by atoms with E-state index in [4.69, 9.17) is 18.7 Å². The first kappa shape index (κ1) is 15.8. The van der Waals surface area contributed by atoms with Crippen molar-refractivity contribution in [2.45, 2.75) is 33.3 Å². The van der Waals surface area contributed by atoms with E-state index >= 15 is 0 Å². The summed E-state index contributed by atoms with van der Waals surface area (Å²) in [7, 11) is 0. The standard InChI is InChI=1S/C17H21NO4/c1-4-14(3)21-16-9-7-15(8-10-16)20-12-13(2)18-22-17-6-5-11-19-17/h5-12,14,18H,4H2,1-3H3. The van der Waals surface area contributed by atoms with Gasteiger partial charge in [0, 0.05) is 6.07 Å². The van der Waals surface area contributed by atoms with Crippen LogP contribution in [0.3, 0.4) is 0 Å². The topological polar surface area (TPSA) is 52.9 Å². The molecule has 1 unspecified atom stereocenters. The van der Waals surface area contributed by atoms with Crippen LogP contribution in [0.5, 0.6) is 17.4 Å². The van der Waals surface area contributed by atoms with Gasteiger partial charge >= 0.3 is 5.95 Å². The van der Waals surface area contributed by atoms with Crippen molar-refractivity contribution in [2.75, 3.05) is 0 Å². The van der Waals surface area contributed by atoms with Crippen LogP contribution >= 0.6 is 0 Å². The minimum absolute atomic E-state index is 0.205. The number of allylic oxidation sites excluding steroid dienone is 1. The fourth-order valence-electron chi connectivity index (χ4n) is 1.55. The predicted octanol–water partition coefficient (Wildman–Crippen LogP) is 4.28. The van der Waals surface area contributed by atoms with Gasteiger partial charge in [-0.05, 0) is 50.6 Å². The second-order valence-corrected chi connectivity index (χ2v) is 4.86. The number of hydrogen-bond donors (Lipinski definition) is 1. The van der Waals surface area contributed by atoms with E-state index in [0.717, 1.165) is 17.9 Å². The highest BCUT2D eigenvalue weighted by molar-refractivity contribution is 5.31. The molecular formula is C17H21NO4. The van der Waals surface area contributed by atoms with Crippen molar-refractivity contribution in [3.8, 4) is 17.4 Å². The zero-order valence-electron chi connectivity index (χ0n) is 13.0. The van der Waals surface area contributed by atoms with Gasteiger partial charge in [-0.1, -0.05) is 6.92 Å². The molecule has 2 aromatic rings. The van der Waals surface area contributed by atoms with Gasteiger partial charge in [0.15, 0.2) is 0 Å². The zero-order chi connectivity index (χ0) is 15.8. The van der Waals surface area contributed by atoms with Gasteiger partial charge < -0.3 is 18.7 Å². The van der Waals surface area contributed by atoms with E-state index in [0.29, 0.717) is 11.6 Å². The molecule has 5 heteroatoms. The maximum Gasteiger partial charge on any atom is 0.311 e. The maximum atomic E-state index is 5.71. The van der Waals surface area contributed by atoms with E-state index < -0.39 is 0 Å². The van der Waals surface area contributed by atoms with Gasteiger partial charge in [-0.2, -0.15) is 0 Å². The molecule has 0 radical (unpaired) electrons. The first-order valence-electron chi connectivity index (χ1n) is 7.24. The van der Waals surface area contributed by atoms with E-state index in [1.807, 2.05) is 38.1 Å². The number of nitrogens with one attached hydrogen (secondary N) is 1. The molecule has 118 valence electrons. The van der Waals surface area contributed by atoms with Gasteiger partial charge in [-0.25, -0.2) is 5.48 Å². The molecule has 0 amide bonds. The molecule has 5 nitrogen and oxygen atoms in total. The third-order valence-corrected chi connectivity index (χ3v) is 2.92. The molecule has 1 aromatic carbocycles. The first-order valence-corrected chi connectivity index (χ1v) is 7.24. The van der Waals surface area contributed by atoms with Crippen molar-refractivity contribution in [3.05, 3.63) is 54.6 Å². The van der Waals surface area contributed by atoms with Crippen molar-refractivity contribution in [1.29, 1.82) is 0 Å². The maximum absolute atomic E-state index is 5.71. The number of hydrogen-bond acceptors (Lipinski definition) is 5. The van der Waals surface area contributed by atoms with Gasteiger partial charge in [0.25, 0.3) is 0 Å². The lowest BCUT2D eigenvalue weighted by Crippen LogP contribution is -2.16. The minimum atomic E-state index is 0.205. The third-order valence-electron chi connectivity index (χ3n) is 2.92. The van der Waals surface area contributed by atoms with Crippen LogP contribution in [0.4, 0.5) is 0 Å². The molecule has 0 aliphatic carbocycles. The smallest absolute Gasteiger partial charge is 0.311 e. The largest absolute Gasteiger partial charge is 0.491 e. The molecule has 0 saturated carbocycles. The second kappa shape index (κ2) is 8.02. The summed E-state index contributed by atoms with van der Waals surface area (Å²) >= 11 is 0. The van der Waals surface area contributed by atoms with Crippen LogP contribution in [0.15, 0.2) is 59.0 Å². The van der Waals surface area contributed by atoms with Crippen molar-refractivity contribution in [3.63, 3.8) is 0 Å². The minimum Gasteiger partial charge on any atom is -0.491 e. The van der Waals surface area contributed by atoms with Crippen LogP contribution in [0.1, 0.15) is 27.2 Å². The number of hydroxylamine groups is 1. The van der Waals surface area contributed by atoms with Crippen LogP contribution in [0.25, 0.3) is 0 Å². The summed E-state index contributed by atoms with van der Waals surface area (Å²) in [6.45, 7) is 5.96. The average Bonchev–Trinajstić information content (AvgIpc) is 3.05. The monoisotopic (exact) mass is 303 g/mol. The lowest BCUT2D eigenvalue weighted by Gasteiger charge is -2.12. The highest BCUT2D eigenvalue weighted by Gasteiger charge is 2.01. The van der Waals surface area contributed by atoms with E-state index in [1.54, 1.807) is 18.4 Å². The highest BCUT2D eigenvalue weighted by Crippen LogP contribution is 2.19.